The molecule has 0 saturated carbocycles. The molecule has 0 unspecified atom stereocenters. The Bertz CT molecular complexity index is 469. The van der Waals surface area contributed by atoms with Crippen molar-refractivity contribution in [1.82, 2.24) is 10.2 Å². The van der Waals surface area contributed by atoms with Gasteiger partial charge in [0.25, 0.3) is 0 Å². The highest BCUT2D eigenvalue weighted by Crippen LogP contribution is 2.26. The van der Waals surface area contributed by atoms with E-state index in [1.54, 1.807) is 4.90 Å². The Labute approximate surface area is 133 Å². The smallest absolute Gasteiger partial charge is 0.317 e. The van der Waals surface area contributed by atoms with Crippen LogP contribution in [-0.4, -0.2) is 48.4 Å². The van der Waals surface area contributed by atoms with E-state index < -0.39 is 0 Å². The topological polar surface area (TPSA) is 61.8 Å². The summed E-state index contributed by atoms with van der Waals surface area (Å²) in [5.74, 6) is 0. The minimum Gasteiger partial charge on any atom is -0.394 e. The number of hydrogen-bond donors (Lipinski definition) is 2. The van der Waals surface area contributed by atoms with Gasteiger partial charge in [0.2, 0.25) is 0 Å². The Morgan fingerprint density at radius 1 is 1.67 bits per heavy atom. The fourth-order valence-electron chi connectivity index (χ4n) is 2.39. The minimum absolute atomic E-state index is 0.0128. The molecule has 21 heavy (non-hydrogen) atoms. The number of aliphatic hydroxyl groups excluding tert-OH is 1. The summed E-state index contributed by atoms with van der Waals surface area (Å²) in [6, 6.07) is 3.63. The molecule has 1 fully saturated rings. The molecule has 118 valence electrons. The molecule has 1 aromatic rings. The first kappa shape index (κ1) is 16.5. The van der Waals surface area contributed by atoms with Crippen molar-refractivity contribution in [2.75, 3.05) is 26.3 Å². The molecular formula is C14H21ClN2O3S. The Kier molecular flexibility index (Phi) is 6.29. The van der Waals surface area contributed by atoms with Crippen molar-refractivity contribution in [3.8, 4) is 0 Å². The summed E-state index contributed by atoms with van der Waals surface area (Å²) in [5.41, 5.74) is 0. The number of urea groups is 1. The van der Waals surface area contributed by atoms with Crippen LogP contribution in [0.3, 0.4) is 0 Å². The first-order valence-electron chi connectivity index (χ1n) is 7.13. The van der Waals surface area contributed by atoms with Gasteiger partial charge in [0.1, 0.15) is 0 Å². The van der Waals surface area contributed by atoms with Gasteiger partial charge in [0.05, 0.1) is 29.7 Å². The third-order valence-corrected chi connectivity index (χ3v) is 4.88. The predicted molar refractivity (Wildman–Crippen MR) is 83.9 cm³/mol. The van der Waals surface area contributed by atoms with Crippen LogP contribution >= 0.6 is 22.9 Å². The summed E-state index contributed by atoms with van der Waals surface area (Å²) in [4.78, 5) is 15.1. The first-order valence-corrected chi connectivity index (χ1v) is 8.32. The third-order valence-electron chi connectivity index (χ3n) is 3.47. The lowest BCUT2D eigenvalue weighted by Gasteiger charge is -2.33. The number of carbonyl (C=O) groups excluding carboxylic acids is 1. The molecule has 1 aromatic heterocycles. The quantitative estimate of drug-likeness (QED) is 0.871. The van der Waals surface area contributed by atoms with E-state index in [1.807, 2.05) is 19.1 Å². The van der Waals surface area contributed by atoms with E-state index in [1.165, 1.54) is 11.3 Å². The number of thiophene rings is 1. The molecule has 1 aliphatic heterocycles. The van der Waals surface area contributed by atoms with Crippen LogP contribution in [0.2, 0.25) is 4.34 Å². The van der Waals surface area contributed by atoms with Gasteiger partial charge in [-0.3, -0.25) is 0 Å². The monoisotopic (exact) mass is 332 g/mol. The Morgan fingerprint density at radius 3 is 3.14 bits per heavy atom. The zero-order chi connectivity index (χ0) is 15.2. The molecule has 2 N–H and O–H groups in total. The summed E-state index contributed by atoms with van der Waals surface area (Å²) < 4.78 is 6.24. The fourth-order valence-corrected chi connectivity index (χ4v) is 3.45. The van der Waals surface area contributed by atoms with Gasteiger partial charge in [-0.1, -0.05) is 11.6 Å². The number of aliphatic hydroxyl groups is 1. The molecule has 0 radical (unpaired) electrons. The van der Waals surface area contributed by atoms with Crippen LogP contribution in [0, 0.1) is 0 Å². The lowest BCUT2D eigenvalue weighted by atomic mass is 10.1. The van der Waals surface area contributed by atoms with E-state index in [0.29, 0.717) is 13.2 Å². The second-order valence-corrected chi connectivity index (χ2v) is 6.86. The van der Waals surface area contributed by atoms with Crippen molar-refractivity contribution < 1.29 is 14.6 Å². The highest BCUT2D eigenvalue weighted by molar-refractivity contribution is 7.16. The summed E-state index contributed by atoms with van der Waals surface area (Å²) >= 11 is 7.39. The number of halogens is 1. The molecule has 7 heteroatoms. The summed E-state index contributed by atoms with van der Waals surface area (Å²) in [5, 5.41) is 11.8. The van der Waals surface area contributed by atoms with E-state index >= 15 is 0 Å². The Balaban J connectivity index is 1.84. The SMILES string of the molecule is C[C@@H](NC(=O)N1CCC[C@H](OCCO)C1)c1ccc(Cl)s1. The van der Waals surface area contributed by atoms with Crippen LogP contribution in [0.15, 0.2) is 12.1 Å². The number of nitrogens with zero attached hydrogens (tertiary/aromatic N) is 1. The Morgan fingerprint density at radius 2 is 2.48 bits per heavy atom. The van der Waals surface area contributed by atoms with E-state index in [-0.39, 0.29) is 24.8 Å². The normalized spacial score (nSPS) is 20.3. The lowest BCUT2D eigenvalue weighted by molar-refractivity contribution is -0.00595. The zero-order valence-corrected chi connectivity index (χ0v) is 13.6. The second kappa shape index (κ2) is 7.98. The van der Waals surface area contributed by atoms with Crippen LogP contribution < -0.4 is 5.32 Å². The maximum absolute atomic E-state index is 12.3. The molecule has 2 rings (SSSR count). The molecule has 1 saturated heterocycles. The Hall–Kier alpha value is -0.820. The van der Waals surface area contributed by atoms with Crippen LogP contribution in [0.25, 0.3) is 0 Å². The van der Waals surface area contributed by atoms with Crippen molar-refractivity contribution in [1.29, 1.82) is 0 Å². The number of hydrogen-bond acceptors (Lipinski definition) is 4. The number of piperidine rings is 1. The molecule has 2 amide bonds. The third kappa shape index (κ3) is 4.85. The summed E-state index contributed by atoms with van der Waals surface area (Å²) in [7, 11) is 0. The molecule has 1 aliphatic rings. The van der Waals surface area contributed by atoms with Crippen LogP contribution in [-0.2, 0) is 4.74 Å². The van der Waals surface area contributed by atoms with Crippen molar-refractivity contribution in [3.05, 3.63) is 21.3 Å². The van der Waals surface area contributed by atoms with Crippen LogP contribution in [0.1, 0.15) is 30.7 Å². The van der Waals surface area contributed by atoms with Gasteiger partial charge in [-0.15, -0.1) is 11.3 Å². The van der Waals surface area contributed by atoms with Gasteiger partial charge in [0.15, 0.2) is 0 Å². The second-order valence-electron chi connectivity index (χ2n) is 5.12. The van der Waals surface area contributed by atoms with Gasteiger partial charge < -0.3 is 20.1 Å². The highest BCUT2D eigenvalue weighted by atomic mass is 35.5. The van der Waals surface area contributed by atoms with Crippen molar-refractivity contribution in [2.45, 2.75) is 31.9 Å². The molecular weight excluding hydrogens is 312 g/mol. The molecule has 0 aliphatic carbocycles. The largest absolute Gasteiger partial charge is 0.394 e. The molecule has 2 atom stereocenters. The zero-order valence-electron chi connectivity index (χ0n) is 12.0. The van der Waals surface area contributed by atoms with E-state index in [2.05, 4.69) is 5.32 Å². The van der Waals surface area contributed by atoms with Crippen LogP contribution in [0.4, 0.5) is 4.79 Å². The number of nitrogens with one attached hydrogen (secondary N) is 1. The standard InChI is InChI=1S/C14H21ClN2O3S/c1-10(12-4-5-13(15)21-12)16-14(19)17-6-2-3-11(9-17)20-8-7-18/h4-5,10-11,18H,2-3,6-9H2,1H3,(H,16,19)/t10-,11+/m1/s1. The number of carbonyl (C=O) groups is 1. The minimum atomic E-state index is -0.0793. The lowest BCUT2D eigenvalue weighted by Crippen LogP contribution is -2.48. The summed E-state index contributed by atoms with van der Waals surface area (Å²) in [6.07, 6.45) is 1.87. The number of ether oxygens (including phenoxy) is 1. The maximum Gasteiger partial charge on any atom is 0.317 e. The van der Waals surface area contributed by atoms with Gasteiger partial charge in [-0.05, 0) is 31.9 Å². The average Bonchev–Trinajstić information content (AvgIpc) is 2.92. The van der Waals surface area contributed by atoms with Gasteiger partial charge in [-0.2, -0.15) is 0 Å². The molecule has 5 nitrogen and oxygen atoms in total. The van der Waals surface area contributed by atoms with E-state index in [9.17, 15) is 4.79 Å². The number of likely N-dealkylation sites (tertiary alicyclic amines) is 1. The van der Waals surface area contributed by atoms with Crippen LogP contribution in [0.5, 0.6) is 0 Å². The maximum atomic E-state index is 12.3. The molecule has 0 bridgehead atoms. The predicted octanol–water partition coefficient (Wildman–Crippen LogP) is 2.65. The van der Waals surface area contributed by atoms with E-state index in [4.69, 9.17) is 21.4 Å². The molecule has 0 aromatic carbocycles. The van der Waals surface area contributed by atoms with Gasteiger partial charge in [0, 0.05) is 18.0 Å². The molecule has 2 heterocycles. The number of amides is 2. The fraction of sp³-hybridized carbons (Fsp3) is 0.643. The average molecular weight is 333 g/mol. The van der Waals surface area contributed by atoms with Crippen molar-refractivity contribution in [3.63, 3.8) is 0 Å². The van der Waals surface area contributed by atoms with Gasteiger partial charge >= 0.3 is 6.03 Å². The van der Waals surface area contributed by atoms with Crippen molar-refractivity contribution in [2.24, 2.45) is 0 Å². The molecule has 0 spiro atoms. The summed E-state index contributed by atoms with van der Waals surface area (Å²) in [6.45, 7) is 3.60. The number of rotatable bonds is 5. The first-order chi connectivity index (χ1) is 10.1. The van der Waals surface area contributed by atoms with Gasteiger partial charge in [-0.25, -0.2) is 4.79 Å². The highest BCUT2D eigenvalue weighted by Gasteiger charge is 2.25. The van der Waals surface area contributed by atoms with Crippen molar-refractivity contribution >= 4 is 29.0 Å². The van der Waals surface area contributed by atoms with E-state index in [0.717, 1.165) is 28.6 Å².